The number of methoxy groups -OCH3 is 1. The number of H-pyrrole nitrogens is 1. The molecule has 1 aromatic rings. The summed E-state index contributed by atoms with van der Waals surface area (Å²) in [5.41, 5.74) is 1.59. The first kappa shape index (κ1) is 22.2. The van der Waals surface area contributed by atoms with Crippen LogP contribution in [0.3, 0.4) is 0 Å². The average molecular weight is 396 g/mol. The Balaban J connectivity index is 2.05. The molecule has 0 radical (unpaired) electrons. The molecule has 0 aromatic carbocycles. The molecule has 7 nitrogen and oxygen atoms in total. The van der Waals surface area contributed by atoms with Crippen molar-refractivity contribution in [1.29, 1.82) is 5.26 Å². The van der Waals surface area contributed by atoms with Crippen LogP contribution in [-0.2, 0) is 9.53 Å². The van der Waals surface area contributed by atoms with Gasteiger partial charge in [0.15, 0.2) is 11.5 Å². The van der Waals surface area contributed by atoms with Gasteiger partial charge in [-0.1, -0.05) is 29.9 Å². The van der Waals surface area contributed by atoms with E-state index >= 15 is 0 Å². The van der Waals surface area contributed by atoms with Gasteiger partial charge in [-0.25, -0.2) is 4.98 Å². The molecule has 0 saturated carbocycles. The van der Waals surface area contributed by atoms with E-state index in [1.165, 1.54) is 31.7 Å². The number of imidazole rings is 1. The smallest absolute Gasteiger partial charge is 0.315 e. The number of nitriles is 1. The van der Waals surface area contributed by atoms with Crippen molar-refractivity contribution in [3.63, 3.8) is 0 Å². The van der Waals surface area contributed by atoms with Gasteiger partial charge in [-0.2, -0.15) is 5.26 Å². The van der Waals surface area contributed by atoms with Gasteiger partial charge in [-0.15, -0.1) is 0 Å². The van der Waals surface area contributed by atoms with E-state index in [0.717, 1.165) is 24.8 Å². The second kappa shape index (κ2) is 10.4. The minimum atomic E-state index is -0.798. The molecule has 2 rings (SSSR count). The lowest BCUT2D eigenvalue weighted by Crippen LogP contribution is -2.28. The Kier molecular flexibility index (Phi) is 7.96. The number of nitrogens with zero attached hydrogens (tertiary/aromatic N) is 2. The number of aromatic nitrogens is 2. The average Bonchev–Trinajstić information content (AvgIpc) is 3.22. The van der Waals surface area contributed by atoms with Gasteiger partial charge in [0.2, 0.25) is 0 Å². The van der Waals surface area contributed by atoms with Crippen molar-refractivity contribution in [2.24, 2.45) is 5.41 Å². The van der Waals surface area contributed by atoms with Gasteiger partial charge in [-0.3, -0.25) is 9.59 Å². The van der Waals surface area contributed by atoms with Crippen LogP contribution < -0.4 is 5.32 Å². The van der Waals surface area contributed by atoms with Crippen molar-refractivity contribution < 1.29 is 14.3 Å². The van der Waals surface area contributed by atoms with Crippen LogP contribution in [0.25, 0.3) is 0 Å². The summed E-state index contributed by atoms with van der Waals surface area (Å²) in [4.78, 5) is 30.8. The number of hydrogen-bond donors (Lipinski definition) is 2. The zero-order chi connectivity index (χ0) is 21.3. The zero-order valence-corrected chi connectivity index (χ0v) is 17.2. The van der Waals surface area contributed by atoms with Crippen LogP contribution in [0.15, 0.2) is 41.6 Å². The maximum atomic E-state index is 12.3. The topological polar surface area (TPSA) is 108 Å². The molecule has 154 valence electrons. The Morgan fingerprint density at radius 2 is 2.21 bits per heavy atom. The summed E-state index contributed by atoms with van der Waals surface area (Å²) in [5, 5.41) is 11.5. The highest BCUT2D eigenvalue weighted by Crippen LogP contribution is 2.31. The van der Waals surface area contributed by atoms with Crippen molar-refractivity contribution in [2.45, 2.75) is 46.0 Å². The van der Waals surface area contributed by atoms with E-state index in [1.807, 2.05) is 26.0 Å². The molecule has 0 bridgehead atoms. The number of carbonyl (C=O) groups excluding carboxylic acids is 2. The van der Waals surface area contributed by atoms with E-state index in [-0.39, 0.29) is 24.0 Å². The highest BCUT2D eigenvalue weighted by Gasteiger charge is 2.31. The second-order valence-corrected chi connectivity index (χ2v) is 7.45. The van der Waals surface area contributed by atoms with Gasteiger partial charge in [0.1, 0.15) is 6.07 Å². The number of nitrogens with one attached hydrogen (secondary N) is 2. The number of aromatic amines is 1. The third kappa shape index (κ3) is 6.18. The number of allylic oxidation sites excluding steroid dienone is 4. The van der Waals surface area contributed by atoms with Crippen molar-refractivity contribution in [1.82, 2.24) is 15.3 Å². The fraction of sp³-hybridized carbons (Fsp3) is 0.455. The van der Waals surface area contributed by atoms with Crippen LogP contribution in [0.1, 0.15) is 62.3 Å². The molecule has 0 unspecified atom stereocenters. The summed E-state index contributed by atoms with van der Waals surface area (Å²) in [6.07, 6.45) is 14.8. The number of hydrogen-bond acceptors (Lipinski definition) is 5. The van der Waals surface area contributed by atoms with E-state index in [9.17, 15) is 9.59 Å². The molecule has 7 heteroatoms. The standard InChI is InChI=1S/C22H28N4O3/c1-22(2,21(28)29-3)17(12-11-16-8-5-4-6-9-16)10-7-13-24-20(27)19-25-15-18(14-23)26-19/h7-8,10,12,15H,4-6,9,11,13H2,1-3H3,(H,24,27)(H,25,26)/b10-7-,17-12+. The van der Waals surface area contributed by atoms with Gasteiger partial charge >= 0.3 is 5.97 Å². The monoisotopic (exact) mass is 396 g/mol. The minimum Gasteiger partial charge on any atom is -0.468 e. The summed E-state index contributed by atoms with van der Waals surface area (Å²) in [7, 11) is 1.38. The number of carbonyl (C=O) groups is 2. The van der Waals surface area contributed by atoms with Crippen molar-refractivity contribution in [3.8, 4) is 6.07 Å². The Labute approximate surface area is 171 Å². The Morgan fingerprint density at radius 3 is 2.83 bits per heavy atom. The van der Waals surface area contributed by atoms with E-state index < -0.39 is 11.3 Å². The summed E-state index contributed by atoms with van der Waals surface area (Å²) >= 11 is 0. The molecule has 1 amide bonds. The number of rotatable bonds is 8. The first-order chi connectivity index (χ1) is 13.9. The first-order valence-corrected chi connectivity index (χ1v) is 9.75. The molecule has 0 atom stereocenters. The highest BCUT2D eigenvalue weighted by molar-refractivity contribution is 5.90. The van der Waals surface area contributed by atoms with Crippen molar-refractivity contribution in [2.75, 3.05) is 13.7 Å². The normalized spacial score (nSPS) is 15.0. The van der Waals surface area contributed by atoms with E-state index in [1.54, 1.807) is 6.08 Å². The van der Waals surface area contributed by atoms with Gasteiger partial charge in [0, 0.05) is 12.7 Å². The SMILES string of the molecule is COC(=O)C(C)(C)C(/C=C\CNC(=O)c1nc(C#N)c[nH]1)=C/CC1=CCCCC1. The van der Waals surface area contributed by atoms with Crippen LogP contribution in [0.5, 0.6) is 0 Å². The summed E-state index contributed by atoms with van der Waals surface area (Å²) < 4.78 is 4.97. The molecule has 0 fully saturated rings. The maximum absolute atomic E-state index is 12.3. The highest BCUT2D eigenvalue weighted by atomic mass is 16.5. The number of amides is 1. The predicted molar refractivity (Wildman–Crippen MR) is 110 cm³/mol. The first-order valence-electron chi connectivity index (χ1n) is 9.75. The van der Waals surface area contributed by atoms with Crippen molar-refractivity contribution >= 4 is 11.9 Å². The molecule has 1 heterocycles. The molecule has 2 N–H and O–H groups in total. The van der Waals surface area contributed by atoms with Gasteiger partial charge in [0.05, 0.1) is 12.5 Å². The quantitative estimate of drug-likeness (QED) is 0.397. The van der Waals surface area contributed by atoms with Crippen LogP contribution in [0, 0.1) is 16.7 Å². The fourth-order valence-electron chi connectivity index (χ4n) is 3.15. The second-order valence-electron chi connectivity index (χ2n) is 7.45. The molecule has 0 aliphatic heterocycles. The van der Waals surface area contributed by atoms with Crippen LogP contribution in [0.4, 0.5) is 0 Å². The van der Waals surface area contributed by atoms with Crippen molar-refractivity contribution in [3.05, 3.63) is 53.2 Å². The molecule has 0 spiro atoms. The van der Waals surface area contributed by atoms with E-state index in [0.29, 0.717) is 0 Å². The summed E-state index contributed by atoms with van der Waals surface area (Å²) in [6.45, 7) is 3.92. The Morgan fingerprint density at radius 1 is 1.41 bits per heavy atom. The Hall–Kier alpha value is -3.14. The van der Waals surface area contributed by atoms with Crippen LogP contribution >= 0.6 is 0 Å². The number of ether oxygens (including phenoxy) is 1. The lowest BCUT2D eigenvalue weighted by Gasteiger charge is -2.24. The molecule has 1 aromatic heterocycles. The van der Waals surface area contributed by atoms with Gasteiger partial charge in [0.25, 0.3) is 5.91 Å². The predicted octanol–water partition coefficient (Wildman–Crippen LogP) is 3.58. The lowest BCUT2D eigenvalue weighted by atomic mass is 9.82. The molecule has 1 aliphatic rings. The van der Waals surface area contributed by atoms with Crippen LogP contribution in [0.2, 0.25) is 0 Å². The molecule has 1 aliphatic carbocycles. The van der Waals surface area contributed by atoms with E-state index in [2.05, 4.69) is 27.4 Å². The third-order valence-corrected chi connectivity index (χ3v) is 4.97. The molecule has 0 saturated heterocycles. The molecule has 29 heavy (non-hydrogen) atoms. The summed E-state index contributed by atoms with van der Waals surface area (Å²) in [6, 6.07) is 1.87. The van der Waals surface area contributed by atoms with Gasteiger partial charge < -0.3 is 15.0 Å². The van der Waals surface area contributed by atoms with Crippen LogP contribution in [-0.4, -0.2) is 35.5 Å². The zero-order valence-electron chi connectivity index (χ0n) is 17.2. The fourth-order valence-corrected chi connectivity index (χ4v) is 3.15. The van der Waals surface area contributed by atoms with Gasteiger partial charge in [-0.05, 0) is 51.5 Å². The minimum absolute atomic E-state index is 0.0878. The molecular weight excluding hydrogens is 368 g/mol. The Bertz CT molecular complexity index is 869. The third-order valence-electron chi connectivity index (χ3n) is 4.97. The molecular formula is C22H28N4O3. The van der Waals surface area contributed by atoms with E-state index in [4.69, 9.17) is 10.00 Å². The maximum Gasteiger partial charge on any atom is 0.315 e. The summed E-state index contributed by atoms with van der Waals surface area (Å²) in [5.74, 6) is -0.624. The number of esters is 1. The lowest BCUT2D eigenvalue weighted by molar-refractivity contribution is -0.148. The largest absolute Gasteiger partial charge is 0.468 e.